The maximum Gasteiger partial charge on any atom is 0.340 e. The summed E-state index contributed by atoms with van der Waals surface area (Å²) in [6.07, 6.45) is 0. The van der Waals surface area contributed by atoms with E-state index in [4.69, 9.17) is 14.5 Å². The van der Waals surface area contributed by atoms with Crippen LogP contribution in [0.3, 0.4) is 0 Å². The number of esters is 1. The molecule has 0 aliphatic heterocycles. The molecule has 0 atom stereocenters. The fourth-order valence-corrected chi connectivity index (χ4v) is 3.80. The molecule has 0 amide bonds. The lowest BCUT2D eigenvalue weighted by molar-refractivity contribution is 0.0524. The van der Waals surface area contributed by atoms with E-state index in [1.807, 2.05) is 33.8 Å². The Morgan fingerprint density at radius 1 is 1.03 bits per heavy atom. The topological polar surface area (TPSA) is 68.7 Å². The molecule has 3 aromatic rings. The van der Waals surface area contributed by atoms with E-state index in [0.29, 0.717) is 33.8 Å². The molecule has 0 fully saturated rings. The van der Waals surface area contributed by atoms with Crippen LogP contribution in [0.25, 0.3) is 11.1 Å². The smallest absolute Gasteiger partial charge is 0.340 e. The molecule has 5 nitrogen and oxygen atoms in total. The van der Waals surface area contributed by atoms with E-state index in [2.05, 4.69) is 0 Å². The molecule has 6 heteroatoms. The lowest BCUT2D eigenvalue weighted by Crippen LogP contribution is -2.17. The summed E-state index contributed by atoms with van der Waals surface area (Å²) in [5.41, 5.74) is 3.13. The molecule has 1 N–H and O–H groups in total. The van der Waals surface area contributed by atoms with Crippen LogP contribution in [0.15, 0.2) is 48.5 Å². The Morgan fingerprint density at radius 2 is 1.70 bits per heavy atom. The van der Waals surface area contributed by atoms with Crippen LogP contribution in [0.2, 0.25) is 0 Å². The van der Waals surface area contributed by atoms with Gasteiger partial charge in [0, 0.05) is 16.8 Å². The second-order valence-corrected chi connectivity index (χ2v) is 8.36. The van der Waals surface area contributed by atoms with Crippen LogP contribution >= 0.6 is 0 Å². The first kappa shape index (κ1) is 24.4. The zero-order chi connectivity index (χ0) is 24.1. The number of nitrogens with zero attached hydrogens (tertiary/aromatic N) is 1. The summed E-state index contributed by atoms with van der Waals surface area (Å²) in [6, 6.07) is 13.3. The van der Waals surface area contributed by atoms with Gasteiger partial charge in [0.1, 0.15) is 5.75 Å². The third-order valence-electron chi connectivity index (χ3n) is 5.28. The number of ether oxygens (including phenoxy) is 2. The van der Waals surface area contributed by atoms with Crippen LogP contribution in [0.4, 0.5) is 4.39 Å². The van der Waals surface area contributed by atoms with Crippen LogP contribution in [-0.2, 0) is 11.3 Å². The van der Waals surface area contributed by atoms with Gasteiger partial charge >= 0.3 is 5.97 Å². The minimum atomic E-state index is -0.534. The van der Waals surface area contributed by atoms with E-state index in [0.717, 1.165) is 0 Å². The largest absolute Gasteiger partial charge is 0.462 e. The molecule has 0 saturated heterocycles. The van der Waals surface area contributed by atoms with Gasteiger partial charge in [-0.25, -0.2) is 9.18 Å². The van der Waals surface area contributed by atoms with Crippen molar-refractivity contribution >= 4 is 5.97 Å². The van der Waals surface area contributed by atoms with Crippen molar-refractivity contribution in [3.05, 3.63) is 76.9 Å². The van der Waals surface area contributed by atoms with Crippen molar-refractivity contribution < 1.29 is 23.8 Å². The normalized spacial score (nSPS) is 11.2. The van der Waals surface area contributed by atoms with Gasteiger partial charge in [-0.1, -0.05) is 52.0 Å². The van der Waals surface area contributed by atoms with Crippen molar-refractivity contribution in [1.82, 2.24) is 4.98 Å². The van der Waals surface area contributed by atoms with Crippen molar-refractivity contribution in [2.75, 3.05) is 6.61 Å². The van der Waals surface area contributed by atoms with Gasteiger partial charge in [-0.2, -0.15) is 0 Å². The molecule has 0 saturated carbocycles. The zero-order valence-electron chi connectivity index (χ0n) is 19.7. The second kappa shape index (κ2) is 10.6. The Bertz CT molecular complexity index is 1130. The van der Waals surface area contributed by atoms with E-state index in [9.17, 15) is 14.3 Å². The first-order valence-corrected chi connectivity index (χ1v) is 11.2. The predicted octanol–water partition coefficient (Wildman–Crippen LogP) is 6.60. The summed E-state index contributed by atoms with van der Waals surface area (Å²) in [4.78, 5) is 17.9. The van der Waals surface area contributed by atoms with Gasteiger partial charge in [0.05, 0.1) is 24.5 Å². The molecule has 174 valence electrons. The fraction of sp³-hybridized carbons (Fsp3) is 0.333. The quantitative estimate of drug-likeness (QED) is 0.391. The Labute approximate surface area is 194 Å². The highest BCUT2D eigenvalue weighted by molar-refractivity contribution is 6.00. The summed E-state index contributed by atoms with van der Waals surface area (Å²) in [7, 11) is 0. The molecule has 0 unspecified atom stereocenters. The van der Waals surface area contributed by atoms with E-state index < -0.39 is 11.8 Å². The molecule has 0 spiro atoms. The van der Waals surface area contributed by atoms with E-state index in [-0.39, 0.29) is 36.4 Å². The molecule has 1 aromatic heterocycles. The Hall–Kier alpha value is -3.25. The zero-order valence-corrected chi connectivity index (χ0v) is 19.7. The minimum Gasteiger partial charge on any atom is -0.462 e. The number of hydrogen-bond donors (Lipinski definition) is 1. The van der Waals surface area contributed by atoms with Gasteiger partial charge in [0.2, 0.25) is 0 Å². The Kier molecular flexibility index (Phi) is 7.82. The molecule has 3 rings (SSSR count). The average Bonchev–Trinajstić information content (AvgIpc) is 2.79. The number of aliphatic hydroxyl groups excluding tert-OH is 1. The van der Waals surface area contributed by atoms with Crippen molar-refractivity contribution in [3.63, 3.8) is 0 Å². The van der Waals surface area contributed by atoms with Gasteiger partial charge in [-0.05, 0) is 48.6 Å². The third-order valence-corrected chi connectivity index (χ3v) is 5.28. The first-order valence-electron chi connectivity index (χ1n) is 11.2. The summed E-state index contributed by atoms with van der Waals surface area (Å²) >= 11 is 0. The van der Waals surface area contributed by atoms with Crippen molar-refractivity contribution in [2.24, 2.45) is 0 Å². The fourth-order valence-electron chi connectivity index (χ4n) is 3.80. The lowest BCUT2D eigenvalue weighted by atomic mass is 9.87. The van der Waals surface area contributed by atoms with Crippen molar-refractivity contribution in [3.8, 4) is 22.6 Å². The van der Waals surface area contributed by atoms with Crippen molar-refractivity contribution in [1.29, 1.82) is 0 Å². The van der Waals surface area contributed by atoms with Gasteiger partial charge in [-0.3, -0.25) is 4.98 Å². The van der Waals surface area contributed by atoms with Crippen LogP contribution < -0.4 is 4.74 Å². The number of rotatable bonds is 8. The van der Waals surface area contributed by atoms with Crippen molar-refractivity contribution in [2.45, 2.75) is 53.1 Å². The number of para-hydroxylation sites is 1. The number of halogens is 1. The summed E-state index contributed by atoms with van der Waals surface area (Å²) in [6.45, 7) is 9.47. The summed E-state index contributed by atoms with van der Waals surface area (Å²) < 4.78 is 25.8. The molecule has 0 aliphatic rings. The molecule has 33 heavy (non-hydrogen) atoms. The summed E-state index contributed by atoms with van der Waals surface area (Å²) in [5.74, 6) is -0.626. The van der Waals surface area contributed by atoms with Crippen LogP contribution in [-0.4, -0.2) is 22.7 Å². The van der Waals surface area contributed by atoms with E-state index >= 15 is 0 Å². The Balaban J connectivity index is 2.32. The number of benzene rings is 2. The SMILES string of the molecule is CCOC(=O)c1c(C(C)C)nc(C(C)C)c(CO)c1-c1ccc(F)c(Oc2ccccc2)c1. The third kappa shape index (κ3) is 5.22. The summed E-state index contributed by atoms with van der Waals surface area (Å²) in [5, 5.41) is 10.3. The highest BCUT2D eigenvalue weighted by Crippen LogP contribution is 2.39. The van der Waals surface area contributed by atoms with Crippen LogP contribution in [0.1, 0.15) is 73.8 Å². The van der Waals surface area contributed by atoms with Gasteiger partial charge in [0.15, 0.2) is 11.6 Å². The lowest BCUT2D eigenvalue weighted by Gasteiger charge is -2.23. The van der Waals surface area contributed by atoms with E-state index in [1.54, 1.807) is 43.3 Å². The monoisotopic (exact) mass is 451 g/mol. The number of pyridine rings is 1. The molecule has 0 aliphatic carbocycles. The molecular weight excluding hydrogens is 421 g/mol. The first-order chi connectivity index (χ1) is 15.8. The maximum atomic E-state index is 14.7. The molecular formula is C27H30FNO4. The predicted molar refractivity (Wildman–Crippen MR) is 126 cm³/mol. The van der Waals surface area contributed by atoms with Gasteiger partial charge in [0.25, 0.3) is 0 Å². The molecule has 0 radical (unpaired) electrons. The van der Waals surface area contributed by atoms with Crippen LogP contribution in [0, 0.1) is 5.82 Å². The number of aliphatic hydroxyl groups is 1. The number of carbonyl (C=O) groups excluding carboxylic acids is 1. The minimum absolute atomic E-state index is 0.000123. The second-order valence-electron chi connectivity index (χ2n) is 8.36. The number of carbonyl (C=O) groups is 1. The maximum absolute atomic E-state index is 14.7. The van der Waals surface area contributed by atoms with Gasteiger partial charge < -0.3 is 14.6 Å². The molecule has 2 aromatic carbocycles. The number of hydrogen-bond acceptors (Lipinski definition) is 5. The Morgan fingerprint density at radius 3 is 2.27 bits per heavy atom. The number of aromatic nitrogens is 1. The molecule has 1 heterocycles. The van der Waals surface area contributed by atoms with E-state index in [1.165, 1.54) is 6.07 Å². The standard InChI is InChI=1S/C27H30FNO4/c1-6-32-27(31)24-23(20(15-30)25(16(2)3)29-26(24)17(4)5)18-12-13-21(28)22(14-18)33-19-10-8-7-9-11-19/h7-14,16-17,30H,6,15H2,1-5H3. The highest BCUT2D eigenvalue weighted by Gasteiger charge is 2.28. The molecule has 0 bridgehead atoms. The van der Waals surface area contributed by atoms with Gasteiger partial charge in [-0.15, -0.1) is 0 Å². The van der Waals surface area contributed by atoms with Crippen LogP contribution in [0.5, 0.6) is 11.5 Å². The average molecular weight is 452 g/mol. The highest BCUT2D eigenvalue weighted by atomic mass is 19.1.